The van der Waals surface area contributed by atoms with Gasteiger partial charge in [-0.2, -0.15) is 0 Å². The van der Waals surface area contributed by atoms with E-state index in [4.69, 9.17) is 10.5 Å². The Bertz CT molecular complexity index is 543. The number of pyridine rings is 1. The van der Waals surface area contributed by atoms with Crippen molar-refractivity contribution in [3.05, 3.63) is 53.9 Å². The van der Waals surface area contributed by atoms with Gasteiger partial charge in [0.15, 0.2) is 0 Å². The molecule has 0 bridgehead atoms. The number of nitrogens with zero attached hydrogens (tertiary/aromatic N) is 2. The average molecular weight is 271 g/mol. The van der Waals surface area contributed by atoms with Crippen molar-refractivity contribution in [3.8, 4) is 5.75 Å². The Labute approximate surface area is 120 Å². The highest BCUT2D eigenvalue weighted by molar-refractivity contribution is 5.47. The Morgan fingerprint density at radius 1 is 1.20 bits per heavy atom. The van der Waals surface area contributed by atoms with Gasteiger partial charge in [0.2, 0.25) is 0 Å². The fraction of sp³-hybridized carbons (Fsp3) is 0.312. The van der Waals surface area contributed by atoms with E-state index in [1.54, 1.807) is 7.11 Å². The van der Waals surface area contributed by atoms with Crippen LogP contribution in [0.25, 0.3) is 0 Å². The molecule has 20 heavy (non-hydrogen) atoms. The van der Waals surface area contributed by atoms with E-state index in [1.165, 1.54) is 0 Å². The highest BCUT2D eigenvalue weighted by atomic mass is 16.5. The summed E-state index contributed by atoms with van der Waals surface area (Å²) in [5.41, 5.74) is 8.85. The van der Waals surface area contributed by atoms with Crippen molar-refractivity contribution in [2.45, 2.75) is 20.0 Å². The molecule has 2 rings (SSSR count). The summed E-state index contributed by atoms with van der Waals surface area (Å²) in [5.74, 6) is 0.800. The fourth-order valence-electron chi connectivity index (χ4n) is 2.15. The lowest BCUT2D eigenvalue weighted by Crippen LogP contribution is -2.22. The lowest BCUT2D eigenvalue weighted by Gasteiger charge is -2.20. The molecule has 0 unspecified atom stereocenters. The standard InChI is InChI=1S/C16H21N3O/c1-3-19(12-15-6-4-5-7-18-15)11-13-8-14(17)10-16(9-13)20-2/h4-10H,3,11-12,17H2,1-2H3. The molecule has 0 aliphatic rings. The number of ether oxygens (including phenoxy) is 1. The molecule has 1 aromatic carbocycles. The average Bonchev–Trinajstić information content (AvgIpc) is 2.47. The second-order valence-electron chi connectivity index (χ2n) is 4.74. The van der Waals surface area contributed by atoms with Crippen molar-refractivity contribution in [2.75, 3.05) is 19.4 Å². The van der Waals surface area contributed by atoms with E-state index >= 15 is 0 Å². The number of hydrogen-bond donors (Lipinski definition) is 1. The van der Waals surface area contributed by atoms with Gasteiger partial charge in [-0.15, -0.1) is 0 Å². The quantitative estimate of drug-likeness (QED) is 0.821. The predicted octanol–water partition coefficient (Wildman–Crippen LogP) is 2.69. The minimum absolute atomic E-state index is 0.730. The minimum atomic E-state index is 0.730. The van der Waals surface area contributed by atoms with Crippen LogP contribution in [0.1, 0.15) is 18.2 Å². The Kier molecular flexibility index (Phi) is 4.96. The Hall–Kier alpha value is -2.07. The molecule has 0 aliphatic heterocycles. The highest BCUT2D eigenvalue weighted by Crippen LogP contribution is 2.20. The topological polar surface area (TPSA) is 51.4 Å². The monoisotopic (exact) mass is 271 g/mol. The molecular weight excluding hydrogens is 250 g/mol. The summed E-state index contributed by atoms with van der Waals surface area (Å²) >= 11 is 0. The second kappa shape index (κ2) is 6.91. The molecule has 2 N–H and O–H groups in total. The summed E-state index contributed by atoms with van der Waals surface area (Å²) in [6.45, 7) is 4.75. The molecule has 0 atom stereocenters. The van der Waals surface area contributed by atoms with Gasteiger partial charge in [0.05, 0.1) is 12.8 Å². The third-order valence-electron chi connectivity index (χ3n) is 3.19. The molecule has 4 heteroatoms. The van der Waals surface area contributed by atoms with E-state index in [1.807, 2.05) is 42.6 Å². The molecule has 0 saturated carbocycles. The van der Waals surface area contributed by atoms with E-state index in [2.05, 4.69) is 16.8 Å². The first-order chi connectivity index (χ1) is 9.71. The van der Waals surface area contributed by atoms with Crippen LogP contribution < -0.4 is 10.5 Å². The first-order valence-electron chi connectivity index (χ1n) is 6.77. The third-order valence-corrected chi connectivity index (χ3v) is 3.19. The summed E-state index contributed by atoms with van der Waals surface area (Å²) in [4.78, 5) is 6.68. The predicted molar refractivity (Wildman–Crippen MR) is 81.4 cm³/mol. The maximum Gasteiger partial charge on any atom is 0.121 e. The molecule has 0 fully saturated rings. The van der Waals surface area contributed by atoms with E-state index in [-0.39, 0.29) is 0 Å². The van der Waals surface area contributed by atoms with Crippen LogP contribution in [-0.4, -0.2) is 23.5 Å². The van der Waals surface area contributed by atoms with Crippen LogP contribution in [0.4, 0.5) is 5.69 Å². The van der Waals surface area contributed by atoms with Gasteiger partial charge in [-0.1, -0.05) is 13.0 Å². The zero-order valence-corrected chi connectivity index (χ0v) is 12.0. The number of methoxy groups -OCH3 is 1. The number of hydrogen-bond acceptors (Lipinski definition) is 4. The van der Waals surface area contributed by atoms with Crippen molar-refractivity contribution in [1.82, 2.24) is 9.88 Å². The van der Waals surface area contributed by atoms with Crippen LogP contribution in [-0.2, 0) is 13.1 Å². The molecule has 0 amide bonds. The number of anilines is 1. The molecule has 0 saturated heterocycles. The van der Waals surface area contributed by atoms with Gasteiger partial charge in [-0.3, -0.25) is 9.88 Å². The highest BCUT2D eigenvalue weighted by Gasteiger charge is 2.07. The summed E-state index contributed by atoms with van der Waals surface area (Å²) < 4.78 is 5.26. The van der Waals surface area contributed by atoms with E-state index in [0.29, 0.717) is 0 Å². The van der Waals surface area contributed by atoms with Crippen molar-refractivity contribution in [2.24, 2.45) is 0 Å². The molecule has 0 radical (unpaired) electrons. The number of nitrogens with two attached hydrogens (primary N) is 1. The van der Waals surface area contributed by atoms with Crippen molar-refractivity contribution in [1.29, 1.82) is 0 Å². The first-order valence-corrected chi connectivity index (χ1v) is 6.77. The van der Waals surface area contributed by atoms with Gasteiger partial charge in [-0.25, -0.2) is 0 Å². The van der Waals surface area contributed by atoms with Crippen LogP contribution >= 0.6 is 0 Å². The van der Waals surface area contributed by atoms with Crippen LogP contribution in [0.5, 0.6) is 5.75 Å². The molecule has 106 valence electrons. The first kappa shape index (κ1) is 14.3. The van der Waals surface area contributed by atoms with Gasteiger partial charge >= 0.3 is 0 Å². The van der Waals surface area contributed by atoms with Crippen molar-refractivity contribution >= 4 is 5.69 Å². The van der Waals surface area contributed by atoms with Gasteiger partial charge in [0.25, 0.3) is 0 Å². The van der Waals surface area contributed by atoms with Crippen molar-refractivity contribution in [3.63, 3.8) is 0 Å². The van der Waals surface area contributed by atoms with E-state index in [0.717, 1.165) is 42.3 Å². The molecule has 2 aromatic rings. The third kappa shape index (κ3) is 3.96. The molecule has 0 aliphatic carbocycles. The van der Waals surface area contributed by atoms with Crippen LogP contribution in [0.3, 0.4) is 0 Å². The van der Waals surface area contributed by atoms with Crippen LogP contribution in [0, 0.1) is 0 Å². The summed E-state index contributed by atoms with van der Waals surface area (Å²) in [6, 6.07) is 11.8. The molecule has 1 heterocycles. The molecule has 4 nitrogen and oxygen atoms in total. The largest absolute Gasteiger partial charge is 0.497 e. The SMILES string of the molecule is CCN(Cc1cc(N)cc(OC)c1)Cc1ccccn1. The van der Waals surface area contributed by atoms with E-state index in [9.17, 15) is 0 Å². The maximum absolute atomic E-state index is 5.89. The number of rotatable bonds is 6. The number of benzene rings is 1. The molecule has 1 aromatic heterocycles. The Morgan fingerprint density at radius 3 is 2.70 bits per heavy atom. The summed E-state index contributed by atoms with van der Waals surface area (Å²) in [7, 11) is 1.66. The summed E-state index contributed by atoms with van der Waals surface area (Å²) in [5, 5.41) is 0. The van der Waals surface area contributed by atoms with Crippen LogP contribution in [0.2, 0.25) is 0 Å². The normalized spacial score (nSPS) is 10.8. The number of aromatic nitrogens is 1. The lowest BCUT2D eigenvalue weighted by atomic mass is 10.1. The zero-order valence-electron chi connectivity index (χ0n) is 12.0. The van der Waals surface area contributed by atoms with Crippen LogP contribution in [0.15, 0.2) is 42.6 Å². The van der Waals surface area contributed by atoms with E-state index < -0.39 is 0 Å². The second-order valence-corrected chi connectivity index (χ2v) is 4.74. The Morgan fingerprint density at radius 2 is 2.05 bits per heavy atom. The smallest absolute Gasteiger partial charge is 0.121 e. The van der Waals surface area contributed by atoms with Gasteiger partial charge in [0, 0.05) is 31.0 Å². The number of nitrogen functional groups attached to an aromatic ring is 1. The zero-order chi connectivity index (χ0) is 14.4. The van der Waals surface area contributed by atoms with Gasteiger partial charge in [0.1, 0.15) is 5.75 Å². The molecular formula is C16H21N3O. The summed E-state index contributed by atoms with van der Waals surface area (Å²) in [6.07, 6.45) is 1.83. The van der Waals surface area contributed by atoms with Crippen molar-refractivity contribution < 1.29 is 4.74 Å². The minimum Gasteiger partial charge on any atom is -0.497 e. The lowest BCUT2D eigenvalue weighted by molar-refractivity contribution is 0.267. The van der Waals surface area contributed by atoms with Gasteiger partial charge < -0.3 is 10.5 Å². The fourth-order valence-corrected chi connectivity index (χ4v) is 2.15. The maximum atomic E-state index is 5.89. The Balaban J connectivity index is 2.08. The van der Waals surface area contributed by atoms with Gasteiger partial charge in [-0.05, 0) is 36.4 Å². The molecule has 0 spiro atoms.